The predicted octanol–water partition coefficient (Wildman–Crippen LogP) is -0.408. The van der Waals surface area contributed by atoms with Crippen molar-refractivity contribution in [2.75, 3.05) is 6.54 Å². The molecule has 0 bridgehead atoms. The molecule has 0 unspecified atom stereocenters. The molecule has 0 radical (unpaired) electrons. The highest BCUT2D eigenvalue weighted by atomic mass is 16.3. The van der Waals surface area contributed by atoms with E-state index in [9.17, 15) is 4.91 Å². The molecule has 0 rings (SSSR count). The van der Waals surface area contributed by atoms with E-state index in [0.29, 0.717) is 6.54 Å². The minimum atomic E-state index is 0.0579. The number of nitrogens with zero attached hydrogens (tertiary/aromatic N) is 2. The monoisotopic (exact) mass is 116 g/mol. The molecular formula is C3H8N4O. The van der Waals surface area contributed by atoms with Crippen molar-refractivity contribution in [1.29, 1.82) is 0 Å². The Labute approximate surface area is 46.9 Å². The van der Waals surface area contributed by atoms with Crippen LogP contribution in [0.2, 0.25) is 0 Å². The van der Waals surface area contributed by atoms with Gasteiger partial charge in [-0.2, -0.15) is 0 Å². The lowest BCUT2D eigenvalue weighted by Gasteiger charge is -1.90. The minimum absolute atomic E-state index is 0.0579. The van der Waals surface area contributed by atoms with Crippen LogP contribution in [0.25, 0.3) is 0 Å². The second-order valence-electron chi connectivity index (χ2n) is 1.06. The quantitative estimate of drug-likeness (QED) is 0.223. The third-order valence-corrected chi connectivity index (χ3v) is 0.489. The summed E-state index contributed by atoms with van der Waals surface area (Å²) in [7, 11) is 0. The van der Waals surface area contributed by atoms with Crippen LogP contribution in [-0.2, 0) is 0 Å². The summed E-state index contributed by atoms with van der Waals surface area (Å²) in [6.07, 6.45) is 0. The number of rotatable bonds is 2. The Bertz CT molecular complexity index is 99.5. The summed E-state index contributed by atoms with van der Waals surface area (Å²) in [6.45, 7) is 2.35. The number of nitrogens with two attached hydrogens (primary N) is 1. The topological polar surface area (TPSA) is 79.8 Å². The van der Waals surface area contributed by atoms with E-state index in [-0.39, 0.29) is 5.96 Å². The summed E-state index contributed by atoms with van der Waals surface area (Å²) >= 11 is 0. The van der Waals surface area contributed by atoms with Gasteiger partial charge in [-0.25, -0.2) is 5.43 Å². The molecule has 5 nitrogen and oxygen atoms in total. The average molecular weight is 116 g/mol. The zero-order chi connectivity index (χ0) is 6.41. The number of nitroso groups, excluding NO2 is 1. The van der Waals surface area contributed by atoms with Crippen LogP contribution in [0.3, 0.4) is 0 Å². The van der Waals surface area contributed by atoms with Crippen molar-refractivity contribution >= 4 is 5.96 Å². The maximum atomic E-state index is 9.37. The summed E-state index contributed by atoms with van der Waals surface area (Å²) in [4.78, 5) is 13.0. The zero-order valence-corrected chi connectivity index (χ0v) is 4.59. The van der Waals surface area contributed by atoms with Gasteiger partial charge in [0, 0.05) is 6.54 Å². The maximum absolute atomic E-state index is 9.37. The summed E-state index contributed by atoms with van der Waals surface area (Å²) in [5.41, 5.74) is 6.98. The Kier molecular flexibility index (Phi) is 3.47. The van der Waals surface area contributed by atoms with E-state index in [1.807, 2.05) is 5.43 Å². The molecule has 0 amide bonds. The van der Waals surface area contributed by atoms with E-state index in [0.717, 1.165) is 0 Å². The van der Waals surface area contributed by atoms with Crippen molar-refractivity contribution in [3.05, 3.63) is 4.91 Å². The Morgan fingerprint density at radius 3 is 2.88 bits per heavy atom. The number of hydrogen-bond donors (Lipinski definition) is 2. The molecule has 0 aromatic carbocycles. The SMILES string of the molecule is CCN=C(N)NN=O. The van der Waals surface area contributed by atoms with Gasteiger partial charge in [-0.1, -0.05) is 0 Å². The third kappa shape index (κ3) is 3.08. The van der Waals surface area contributed by atoms with Gasteiger partial charge < -0.3 is 5.73 Å². The van der Waals surface area contributed by atoms with Crippen LogP contribution in [0.15, 0.2) is 10.3 Å². The van der Waals surface area contributed by atoms with Crippen LogP contribution in [0.5, 0.6) is 0 Å². The van der Waals surface area contributed by atoms with Gasteiger partial charge in [0.1, 0.15) is 0 Å². The van der Waals surface area contributed by atoms with E-state index in [1.54, 1.807) is 6.92 Å². The van der Waals surface area contributed by atoms with Crippen molar-refractivity contribution in [3.8, 4) is 0 Å². The summed E-state index contributed by atoms with van der Waals surface area (Å²) < 4.78 is 0. The van der Waals surface area contributed by atoms with E-state index < -0.39 is 0 Å². The Hall–Kier alpha value is -1.13. The van der Waals surface area contributed by atoms with Crippen LogP contribution < -0.4 is 11.2 Å². The summed E-state index contributed by atoms with van der Waals surface area (Å²) in [6, 6.07) is 0. The first-order valence-electron chi connectivity index (χ1n) is 2.19. The molecule has 0 heterocycles. The van der Waals surface area contributed by atoms with Gasteiger partial charge in [0.05, 0.1) is 5.29 Å². The first-order valence-corrected chi connectivity index (χ1v) is 2.19. The molecule has 0 aliphatic rings. The lowest BCUT2D eigenvalue weighted by molar-refractivity contribution is 0.965. The van der Waals surface area contributed by atoms with Crippen LogP contribution in [0, 0.1) is 4.91 Å². The maximum Gasteiger partial charge on any atom is 0.212 e. The molecule has 0 aromatic rings. The highest BCUT2D eigenvalue weighted by molar-refractivity contribution is 5.77. The van der Waals surface area contributed by atoms with Crippen molar-refractivity contribution in [1.82, 2.24) is 5.43 Å². The molecule has 0 fully saturated rings. The summed E-state index contributed by atoms with van der Waals surface area (Å²) in [5.74, 6) is 0.0579. The van der Waals surface area contributed by atoms with Crippen molar-refractivity contribution in [3.63, 3.8) is 0 Å². The second-order valence-corrected chi connectivity index (χ2v) is 1.06. The molecule has 0 atom stereocenters. The molecule has 0 aromatic heterocycles. The summed E-state index contributed by atoms with van der Waals surface area (Å²) in [5, 5.41) is 2.30. The second kappa shape index (κ2) is 4.04. The molecule has 0 saturated carbocycles. The minimum Gasteiger partial charge on any atom is -0.368 e. The smallest absolute Gasteiger partial charge is 0.212 e. The number of nitrogens with one attached hydrogen (secondary N) is 1. The first-order chi connectivity index (χ1) is 3.81. The molecule has 5 heteroatoms. The van der Waals surface area contributed by atoms with E-state index in [2.05, 4.69) is 10.3 Å². The molecule has 0 aliphatic carbocycles. The molecule has 0 spiro atoms. The van der Waals surface area contributed by atoms with Crippen molar-refractivity contribution in [2.24, 2.45) is 16.0 Å². The van der Waals surface area contributed by atoms with Crippen LogP contribution in [0.4, 0.5) is 0 Å². The molecule has 46 valence electrons. The van der Waals surface area contributed by atoms with Crippen molar-refractivity contribution < 1.29 is 0 Å². The van der Waals surface area contributed by atoms with Crippen LogP contribution in [-0.4, -0.2) is 12.5 Å². The van der Waals surface area contributed by atoms with Gasteiger partial charge in [0.25, 0.3) is 0 Å². The van der Waals surface area contributed by atoms with Gasteiger partial charge in [-0.05, 0) is 6.92 Å². The van der Waals surface area contributed by atoms with Gasteiger partial charge in [-0.3, -0.25) is 4.99 Å². The van der Waals surface area contributed by atoms with Crippen LogP contribution >= 0.6 is 0 Å². The number of guanidine groups is 1. The molecule has 0 aliphatic heterocycles. The van der Waals surface area contributed by atoms with Gasteiger partial charge in [0.15, 0.2) is 0 Å². The number of hydrogen-bond acceptors (Lipinski definition) is 3. The Morgan fingerprint density at radius 2 is 2.50 bits per heavy atom. The molecule has 3 N–H and O–H groups in total. The fourth-order valence-corrected chi connectivity index (χ4v) is 0.252. The average Bonchev–Trinajstić information content (AvgIpc) is 1.68. The fourth-order valence-electron chi connectivity index (χ4n) is 0.252. The van der Waals surface area contributed by atoms with E-state index in [1.165, 1.54) is 0 Å². The normalized spacial score (nSPS) is 10.9. The standard InChI is InChI=1S/C3H8N4O/c1-2-5-3(4)6-7-8/h2H2,1H3,(H3,4,5,6,8). The third-order valence-electron chi connectivity index (χ3n) is 0.489. The fraction of sp³-hybridized carbons (Fsp3) is 0.667. The van der Waals surface area contributed by atoms with Gasteiger partial charge in [0.2, 0.25) is 5.96 Å². The van der Waals surface area contributed by atoms with Crippen molar-refractivity contribution in [2.45, 2.75) is 6.92 Å². The Balaban J connectivity index is 3.44. The first kappa shape index (κ1) is 6.87. The van der Waals surface area contributed by atoms with Gasteiger partial charge >= 0.3 is 0 Å². The lowest BCUT2D eigenvalue weighted by Crippen LogP contribution is -2.26. The highest BCUT2D eigenvalue weighted by Gasteiger charge is 1.81. The highest BCUT2D eigenvalue weighted by Crippen LogP contribution is 1.64. The zero-order valence-electron chi connectivity index (χ0n) is 4.59. The lowest BCUT2D eigenvalue weighted by atomic mass is 10.8. The van der Waals surface area contributed by atoms with Crippen LogP contribution in [0.1, 0.15) is 6.92 Å². The Morgan fingerprint density at radius 1 is 1.88 bits per heavy atom. The predicted molar refractivity (Wildman–Crippen MR) is 31.1 cm³/mol. The molecule has 8 heavy (non-hydrogen) atoms. The molecule has 0 saturated heterocycles. The van der Waals surface area contributed by atoms with E-state index in [4.69, 9.17) is 5.73 Å². The number of aliphatic imine (C=N–C) groups is 1. The van der Waals surface area contributed by atoms with E-state index >= 15 is 0 Å². The largest absolute Gasteiger partial charge is 0.368 e. The molecular weight excluding hydrogens is 108 g/mol. The van der Waals surface area contributed by atoms with Gasteiger partial charge in [-0.15, -0.1) is 4.91 Å².